The lowest BCUT2D eigenvalue weighted by Gasteiger charge is -2.30. The van der Waals surface area contributed by atoms with Crippen molar-refractivity contribution in [3.63, 3.8) is 0 Å². The van der Waals surface area contributed by atoms with Gasteiger partial charge in [0.05, 0.1) is 17.3 Å². The van der Waals surface area contributed by atoms with E-state index in [0.29, 0.717) is 35.0 Å². The van der Waals surface area contributed by atoms with Gasteiger partial charge < -0.3 is 60.2 Å². The third-order valence-corrected chi connectivity index (χ3v) is 12.8. The Labute approximate surface area is 458 Å². The number of aromatic nitrogens is 2. The van der Waals surface area contributed by atoms with Crippen molar-refractivity contribution in [3.05, 3.63) is 76.6 Å². The first kappa shape index (κ1) is 62.4. The van der Waals surface area contributed by atoms with E-state index in [0.717, 1.165) is 5.56 Å². The van der Waals surface area contributed by atoms with E-state index in [-0.39, 0.29) is 57.5 Å². The van der Waals surface area contributed by atoms with E-state index in [1.807, 2.05) is 13.8 Å². The highest BCUT2D eigenvalue weighted by atomic mass is 35.5. The number of hydrogen-bond acceptors (Lipinski definition) is 18. The highest BCUT2D eigenvalue weighted by Gasteiger charge is 2.34. The van der Waals surface area contributed by atoms with Gasteiger partial charge in [0, 0.05) is 21.9 Å². The molecule has 0 fully saturated rings. The number of carbonyl (C=O) groups excluding carboxylic acids is 5. The van der Waals surface area contributed by atoms with Gasteiger partial charge >= 0.3 is 18.2 Å². The highest BCUT2D eigenvalue weighted by Crippen LogP contribution is 2.37. The number of oxazole rings is 1. The van der Waals surface area contributed by atoms with Gasteiger partial charge in [0.25, 0.3) is 0 Å². The van der Waals surface area contributed by atoms with Gasteiger partial charge in [-0.3, -0.25) is 9.59 Å². The Hall–Kier alpha value is -7.11. The number of nitriles is 2. The highest BCUT2D eigenvalue weighted by molar-refractivity contribution is 7.98. The van der Waals surface area contributed by atoms with Gasteiger partial charge in [0.15, 0.2) is 6.29 Å². The van der Waals surface area contributed by atoms with Crippen LogP contribution >= 0.6 is 23.4 Å². The Bertz CT molecular complexity index is 2750. The van der Waals surface area contributed by atoms with Gasteiger partial charge in [-0.05, 0) is 109 Å². The van der Waals surface area contributed by atoms with Crippen molar-refractivity contribution in [3.8, 4) is 40.5 Å². The van der Waals surface area contributed by atoms with Crippen molar-refractivity contribution >= 4 is 59.2 Å². The molecule has 2 aromatic heterocycles. The molecule has 0 radical (unpaired) electrons. The number of ether oxygens (including phenoxy) is 5. The fourth-order valence-corrected chi connectivity index (χ4v) is 8.10. The number of amides is 4. The van der Waals surface area contributed by atoms with Crippen LogP contribution in [0.4, 0.5) is 15.4 Å². The zero-order valence-corrected chi connectivity index (χ0v) is 47.0. The number of thioether (sulfide) groups is 1. The maximum Gasteiger partial charge on any atom is 0.408 e. The van der Waals surface area contributed by atoms with Crippen molar-refractivity contribution in [2.45, 2.75) is 154 Å². The second-order valence-electron chi connectivity index (χ2n) is 20.3. The molecule has 8 atom stereocenters. The molecule has 21 nitrogen and oxygen atoms in total. The van der Waals surface area contributed by atoms with E-state index in [1.54, 1.807) is 104 Å². The minimum Gasteiger partial charge on any atom is -0.491 e. The average molecular weight is 1100 g/mol. The second kappa shape index (κ2) is 28.3. The van der Waals surface area contributed by atoms with Crippen LogP contribution in [0.1, 0.15) is 113 Å². The zero-order valence-electron chi connectivity index (χ0n) is 45.4. The summed E-state index contributed by atoms with van der Waals surface area (Å²) in [5.74, 6) is -2.08. The van der Waals surface area contributed by atoms with E-state index in [2.05, 4.69) is 43.4 Å². The van der Waals surface area contributed by atoms with Crippen LogP contribution in [-0.2, 0) is 39.1 Å². The van der Waals surface area contributed by atoms with Gasteiger partial charge in [-0.25, -0.2) is 24.4 Å². The average Bonchev–Trinajstić information content (AvgIpc) is 3.84. The lowest BCUT2D eigenvalue weighted by Crippen LogP contribution is -2.55. The number of benzene rings is 2. The summed E-state index contributed by atoms with van der Waals surface area (Å²) in [4.78, 5) is 74.8. The van der Waals surface area contributed by atoms with Gasteiger partial charge in [-0.1, -0.05) is 76.0 Å². The topological polar surface area (TPSA) is 312 Å². The van der Waals surface area contributed by atoms with E-state index in [9.17, 15) is 39.6 Å². The van der Waals surface area contributed by atoms with Crippen molar-refractivity contribution in [2.75, 3.05) is 18.9 Å². The minimum atomic E-state index is -1.73. The SMILES string of the molecule is CC[C@H](C)[C@H](NC(=O)OC(C)(C)C)C(=O)N[C@@H](C)C(=O)OC[C@H](COc1ccc(-c2c(C#N)c(N)nc(SCc3coc(-c4ccc(Cl)cc4)n3)c2C#N)cc1)OC(O)[C@H](C)NC(=O)[C@@H](NC(=O)OC(C)(C)C)[C@@H](C)CC. The van der Waals surface area contributed by atoms with Crippen molar-refractivity contribution < 1.29 is 57.2 Å². The van der Waals surface area contributed by atoms with Crippen LogP contribution in [0.5, 0.6) is 5.75 Å². The molecule has 4 rings (SSSR count). The normalized spacial score (nSPS) is 14.6. The summed E-state index contributed by atoms with van der Waals surface area (Å²) in [6.07, 6.45) is -2.05. The van der Waals surface area contributed by atoms with Crippen LogP contribution in [-0.4, -0.2) is 106 Å². The predicted molar refractivity (Wildman–Crippen MR) is 288 cm³/mol. The van der Waals surface area contributed by atoms with Gasteiger partial charge in [0.2, 0.25) is 17.7 Å². The predicted octanol–water partition coefficient (Wildman–Crippen LogP) is 8.19. The maximum atomic E-state index is 13.6. The molecular formula is C54H70ClN9O12S. The lowest BCUT2D eigenvalue weighted by atomic mass is 9.97. The van der Waals surface area contributed by atoms with Crippen LogP contribution in [0.15, 0.2) is 64.2 Å². The number of nitrogen functional groups attached to an aromatic ring is 1. The molecule has 0 spiro atoms. The fraction of sp³-hybridized carbons (Fsp3) is 0.500. The Morgan fingerprint density at radius 1 is 0.766 bits per heavy atom. The number of pyridine rings is 1. The molecule has 4 aromatic rings. The number of nitrogens with two attached hydrogens (primary N) is 1. The first-order chi connectivity index (χ1) is 36.2. The largest absolute Gasteiger partial charge is 0.491 e. The molecule has 0 aliphatic rings. The van der Waals surface area contributed by atoms with Gasteiger partial charge in [-0.15, -0.1) is 0 Å². The number of aliphatic hydroxyl groups excluding tert-OH is 1. The molecule has 4 amide bonds. The van der Waals surface area contributed by atoms with Gasteiger partial charge in [-0.2, -0.15) is 10.5 Å². The number of nitrogens with one attached hydrogen (secondary N) is 4. The first-order valence-electron chi connectivity index (χ1n) is 25.0. The van der Waals surface area contributed by atoms with E-state index in [4.69, 9.17) is 45.4 Å². The Morgan fingerprint density at radius 3 is 1.82 bits per heavy atom. The molecule has 1 unspecified atom stereocenters. The molecule has 2 heterocycles. The quantitative estimate of drug-likeness (QED) is 0.0167. The van der Waals surface area contributed by atoms with Crippen molar-refractivity contribution in [2.24, 2.45) is 11.8 Å². The summed E-state index contributed by atoms with van der Waals surface area (Å²) < 4.78 is 34.0. The van der Waals surface area contributed by atoms with Crippen LogP contribution in [0.25, 0.3) is 22.6 Å². The number of alkyl carbamates (subject to hydrolysis) is 2. The minimum absolute atomic E-state index is 0.0206. The number of nitrogens with zero attached hydrogens (tertiary/aromatic N) is 4. The zero-order chi connectivity index (χ0) is 57.4. The number of halogens is 1. The summed E-state index contributed by atoms with van der Waals surface area (Å²) in [7, 11) is 0. The number of anilines is 1. The molecule has 416 valence electrons. The third-order valence-electron chi connectivity index (χ3n) is 11.6. The smallest absolute Gasteiger partial charge is 0.408 e. The molecule has 7 N–H and O–H groups in total. The lowest BCUT2D eigenvalue weighted by molar-refractivity contribution is -0.180. The number of aliphatic hydroxyl groups is 1. The number of esters is 1. The van der Waals surface area contributed by atoms with Crippen LogP contribution in [0.2, 0.25) is 5.02 Å². The Morgan fingerprint density at radius 2 is 1.30 bits per heavy atom. The Kier molecular flexibility index (Phi) is 23.0. The number of carbonyl (C=O) groups is 5. The van der Waals surface area contributed by atoms with E-state index in [1.165, 1.54) is 31.9 Å². The number of hydrogen-bond donors (Lipinski definition) is 6. The van der Waals surface area contributed by atoms with Crippen LogP contribution in [0, 0.1) is 34.5 Å². The monoisotopic (exact) mass is 1100 g/mol. The summed E-state index contributed by atoms with van der Waals surface area (Å²) in [5.41, 5.74) is 6.67. The molecular weight excluding hydrogens is 1030 g/mol. The summed E-state index contributed by atoms with van der Waals surface area (Å²) in [5, 5.41) is 43.3. The van der Waals surface area contributed by atoms with Crippen LogP contribution < -0.4 is 31.7 Å². The molecule has 0 aliphatic carbocycles. The summed E-state index contributed by atoms with van der Waals surface area (Å²) in [6.45, 7) is 19.3. The van der Waals surface area contributed by atoms with Crippen molar-refractivity contribution in [1.29, 1.82) is 10.5 Å². The van der Waals surface area contributed by atoms with Gasteiger partial charge in [0.1, 0.15) is 89.2 Å². The molecule has 0 bridgehead atoms. The summed E-state index contributed by atoms with van der Waals surface area (Å²) in [6, 6.07) is 13.1. The molecule has 2 aromatic carbocycles. The molecule has 23 heteroatoms. The second-order valence-corrected chi connectivity index (χ2v) is 21.7. The molecule has 0 aliphatic heterocycles. The third kappa shape index (κ3) is 19.1. The summed E-state index contributed by atoms with van der Waals surface area (Å²) >= 11 is 7.21. The van der Waals surface area contributed by atoms with Crippen molar-refractivity contribution in [1.82, 2.24) is 31.2 Å². The molecule has 77 heavy (non-hydrogen) atoms. The maximum absolute atomic E-state index is 13.6. The fourth-order valence-electron chi connectivity index (χ4n) is 7.10. The molecule has 0 saturated carbocycles. The first-order valence-corrected chi connectivity index (χ1v) is 26.3. The standard InChI is InChI=1S/C54H70ClN9O12S/c1-13-29(3)42(62-51(69)75-53(7,8)9)45(65)59-31(5)49(67)73-27-38(74-50(68)32(6)60-46(66)43(30(4)14-2)63-52(70)76-54(10,11)12)26-71-37-21-17-33(18-22-37)41-39(23-56)44(58)64-48(40(41)24-57)77-28-36-25-72-47(61-36)34-15-19-35(55)20-16-34/h15-22,25,29-32,38,42-43,50,68H,13-14,26-28H2,1-12H3,(H2,58,64)(H,59,65)(H,60,66)(H,62,69)(H,63,70)/t29-,30-,31-,32-,38-,42-,43-,50?/m0/s1. The van der Waals surface area contributed by atoms with E-state index >= 15 is 0 Å². The molecule has 0 saturated heterocycles. The Balaban J connectivity index is 1.55. The van der Waals surface area contributed by atoms with E-state index < -0.39 is 84.3 Å². The van der Waals surface area contributed by atoms with Crippen LogP contribution in [0.3, 0.4) is 0 Å². The number of rotatable bonds is 24.